The maximum absolute atomic E-state index is 12.5. The number of hydrogen-bond donors (Lipinski definition) is 1. The average Bonchev–Trinajstić information content (AvgIpc) is 2.69. The fourth-order valence-corrected chi connectivity index (χ4v) is 2.12. The molecule has 0 aliphatic heterocycles. The summed E-state index contributed by atoms with van der Waals surface area (Å²) >= 11 is 0. The Kier molecular flexibility index (Phi) is 6.75. The topological polar surface area (TPSA) is 81.7 Å². The molecule has 2 aromatic carbocycles. The van der Waals surface area contributed by atoms with E-state index in [1.54, 1.807) is 12.1 Å². The minimum atomic E-state index is -4.50. The summed E-state index contributed by atoms with van der Waals surface area (Å²) in [5, 5.41) is 2.21. The molecule has 0 fully saturated rings. The van der Waals surface area contributed by atoms with Crippen molar-refractivity contribution >= 4 is 17.7 Å². The molecule has 0 heterocycles. The third-order valence-corrected chi connectivity index (χ3v) is 3.64. The van der Waals surface area contributed by atoms with Gasteiger partial charge in [0.1, 0.15) is 12.3 Å². The Morgan fingerprint density at radius 1 is 0.929 bits per heavy atom. The van der Waals surface area contributed by atoms with Gasteiger partial charge in [-0.1, -0.05) is 0 Å². The third-order valence-electron chi connectivity index (χ3n) is 3.64. The fraction of sp³-hybridized carbons (Fsp3) is 0.211. The van der Waals surface area contributed by atoms with Crippen molar-refractivity contribution in [3.05, 3.63) is 65.2 Å². The zero-order chi connectivity index (χ0) is 20.7. The zero-order valence-corrected chi connectivity index (χ0v) is 14.7. The van der Waals surface area contributed by atoms with Crippen LogP contribution in [0.5, 0.6) is 5.75 Å². The van der Waals surface area contributed by atoms with Gasteiger partial charge in [0.25, 0.3) is 5.91 Å². The van der Waals surface area contributed by atoms with E-state index in [1.165, 1.54) is 19.2 Å². The number of hydrogen-bond acceptors (Lipinski definition) is 5. The number of carbonyl (C=O) groups is 3. The van der Waals surface area contributed by atoms with Crippen molar-refractivity contribution < 1.29 is 37.0 Å². The number of halogens is 3. The van der Waals surface area contributed by atoms with E-state index in [1.807, 2.05) is 0 Å². The lowest BCUT2D eigenvalue weighted by Crippen LogP contribution is -2.31. The first-order chi connectivity index (χ1) is 13.2. The van der Waals surface area contributed by atoms with E-state index in [-0.39, 0.29) is 5.56 Å². The molecule has 6 nitrogen and oxygen atoms in total. The quantitative estimate of drug-likeness (QED) is 0.576. The normalized spacial score (nSPS) is 10.9. The molecule has 2 rings (SSSR count). The summed E-state index contributed by atoms with van der Waals surface area (Å²) < 4.78 is 47.2. The molecule has 1 amide bonds. The van der Waals surface area contributed by atoms with Crippen molar-refractivity contribution in [3.63, 3.8) is 0 Å². The van der Waals surface area contributed by atoms with E-state index < -0.39 is 42.6 Å². The summed E-state index contributed by atoms with van der Waals surface area (Å²) in [5.74, 6) is -1.47. The average molecular weight is 395 g/mol. The second-order valence-electron chi connectivity index (χ2n) is 5.57. The van der Waals surface area contributed by atoms with Crippen LogP contribution >= 0.6 is 0 Å². The Morgan fingerprint density at radius 2 is 1.50 bits per heavy atom. The molecule has 28 heavy (non-hydrogen) atoms. The highest BCUT2D eigenvalue weighted by atomic mass is 19.4. The maximum atomic E-state index is 12.5. The minimum absolute atomic E-state index is 0.0462. The monoisotopic (exact) mass is 395 g/mol. The first kappa shape index (κ1) is 20.9. The fourth-order valence-electron chi connectivity index (χ4n) is 2.12. The van der Waals surface area contributed by atoms with Gasteiger partial charge in [0.15, 0.2) is 12.4 Å². The molecule has 0 unspecified atom stereocenters. The van der Waals surface area contributed by atoms with Gasteiger partial charge in [-0.25, -0.2) is 0 Å². The molecular weight excluding hydrogens is 379 g/mol. The van der Waals surface area contributed by atoms with Crippen LogP contribution in [0.15, 0.2) is 48.5 Å². The van der Waals surface area contributed by atoms with Gasteiger partial charge >= 0.3 is 12.1 Å². The molecule has 0 aliphatic rings. The summed E-state index contributed by atoms with van der Waals surface area (Å²) in [6, 6.07) is 9.72. The van der Waals surface area contributed by atoms with Gasteiger partial charge in [-0.15, -0.1) is 0 Å². The lowest BCUT2D eigenvalue weighted by atomic mass is 10.1. The zero-order valence-electron chi connectivity index (χ0n) is 14.7. The molecule has 0 atom stereocenters. The van der Waals surface area contributed by atoms with E-state index in [4.69, 9.17) is 9.47 Å². The van der Waals surface area contributed by atoms with Crippen molar-refractivity contribution in [1.29, 1.82) is 0 Å². The van der Waals surface area contributed by atoms with Crippen LogP contribution in [0, 0.1) is 0 Å². The van der Waals surface area contributed by atoms with Gasteiger partial charge < -0.3 is 14.8 Å². The van der Waals surface area contributed by atoms with Crippen LogP contribution in [0.3, 0.4) is 0 Å². The molecule has 2 aromatic rings. The lowest BCUT2D eigenvalue weighted by Gasteiger charge is -2.08. The highest BCUT2D eigenvalue weighted by Gasteiger charge is 2.30. The summed E-state index contributed by atoms with van der Waals surface area (Å²) in [6.07, 6.45) is -4.50. The first-order valence-corrected chi connectivity index (χ1v) is 7.99. The molecule has 0 aliphatic carbocycles. The maximum Gasteiger partial charge on any atom is 0.416 e. The largest absolute Gasteiger partial charge is 0.497 e. The Labute approximate surface area is 158 Å². The predicted molar refractivity (Wildman–Crippen MR) is 92.1 cm³/mol. The van der Waals surface area contributed by atoms with Crippen LogP contribution in [-0.2, 0) is 15.7 Å². The number of alkyl halides is 3. The van der Waals surface area contributed by atoms with E-state index in [0.717, 1.165) is 24.3 Å². The molecule has 148 valence electrons. The molecule has 9 heteroatoms. The molecule has 0 aromatic heterocycles. The van der Waals surface area contributed by atoms with Crippen LogP contribution in [0.2, 0.25) is 0 Å². The first-order valence-electron chi connectivity index (χ1n) is 7.99. The molecule has 1 N–H and O–H groups in total. The van der Waals surface area contributed by atoms with E-state index in [9.17, 15) is 27.6 Å². The van der Waals surface area contributed by atoms with Gasteiger partial charge in [0.2, 0.25) is 0 Å². The molecule has 0 bridgehead atoms. The number of ketones is 1. The second kappa shape index (κ2) is 9.03. The SMILES string of the molecule is COc1ccc(C(=O)COC(=O)CNC(=O)c2ccc(C(F)(F)F)cc2)cc1. The Morgan fingerprint density at radius 3 is 2.04 bits per heavy atom. The summed E-state index contributed by atoms with van der Waals surface area (Å²) in [4.78, 5) is 35.4. The lowest BCUT2D eigenvalue weighted by molar-refractivity contribution is -0.141. The van der Waals surface area contributed by atoms with Crippen LogP contribution in [0.4, 0.5) is 13.2 Å². The van der Waals surface area contributed by atoms with Gasteiger partial charge in [-0.2, -0.15) is 13.2 Å². The van der Waals surface area contributed by atoms with E-state index in [2.05, 4.69) is 5.32 Å². The summed E-state index contributed by atoms with van der Waals surface area (Å²) in [6.45, 7) is -1.04. The smallest absolute Gasteiger partial charge is 0.416 e. The van der Waals surface area contributed by atoms with Crippen molar-refractivity contribution in [2.75, 3.05) is 20.3 Å². The standard InChI is InChI=1S/C19H16F3NO5/c1-27-15-8-4-12(5-9-15)16(24)11-28-17(25)10-23-18(26)13-2-6-14(7-3-13)19(20,21)22/h2-9H,10-11H2,1H3,(H,23,26). The Bertz CT molecular complexity index is 845. The number of nitrogens with one attached hydrogen (secondary N) is 1. The predicted octanol–water partition coefficient (Wildman–Crippen LogP) is 2.87. The number of Topliss-reactive ketones (excluding diaryl/α,β-unsaturated/α-hetero) is 1. The third kappa shape index (κ3) is 5.83. The number of ether oxygens (including phenoxy) is 2. The number of rotatable bonds is 7. The van der Waals surface area contributed by atoms with Crippen molar-refractivity contribution in [1.82, 2.24) is 5.32 Å². The number of carbonyl (C=O) groups excluding carboxylic acids is 3. The van der Waals surface area contributed by atoms with Gasteiger partial charge in [-0.3, -0.25) is 14.4 Å². The van der Waals surface area contributed by atoms with E-state index in [0.29, 0.717) is 11.3 Å². The second-order valence-corrected chi connectivity index (χ2v) is 5.57. The highest BCUT2D eigenvalue weighted by Crippen LogP contribution is 2.29. The van der Waals surface area contributed by atoms with Crippen LogP contribution in [-0.4, -0.2) is 37.9 Å². The number of benzene rings is 2. The van der Waals surface area contributed by atoms with Crippen molar-refractivity contribution in [3.8, 4) is 5.75 Å². The highest BCUT2D eigenvalue weighted by molar-refractivity contribution is 5.99. The van der Waals surface area contributed by atoms with Gasteiger partial charge in [0, 0.05) is 11.1 Å². The molecule has 0 saturated carbocycles. The summed E-state index contributed by atoms with van der Waals surface area (Å²) in [7, 11) is 1.48. The summed E-state index contributed by atoms with van der Waals surface area (Å²) in [5.41, 5.74) is -0.613. The molecule has 0 spiro atoms. The Balaban J connectivity index is 1.79. The molecule has 0 radical (unpaired) electrons. The number of amides is 1. The van der Waals surface area contributed by atoms with Crippen molar-refractivity contribution in [2.45, 2.75) is 6.18 Å². The van der Waals surface area contributed by atoms with Crippen LogP contribution in [0.1, 0.15) is 26.3 Å². The van der Waals surface area contributed by atoms with Crippen LogP contribution < -0.4 is 10.1 Å². The van der Waals surface area contributed by atoms with Crippen molar-refractivity contribution in [2.24, 2.45) is 0 Å². The van der Waals surface area contributed by atoms with Gasteiger partial charge in [-0.05, 0) is 48.5 Å². The van der Waals surface area contributed by atoms with E-state index >= 15 is 0 Å². The van der Waals surface area contributed by atoms with Crippen LogP contribution in [0.25, 0.3) is 0 Å². The number of esters is 1. The number of methoxy groups -OCH3 is 1. The molecular formula is C19H16F3NO5. The van der Waals surface area contributed by atoms with Gasteiger partial charge in [0.05, 0.1) is 12.7 Å². The molecule has 0 saturated heterocycles. The Hall–Kier alpha value is -3.36. The minimum Gasteiger partial charge on any atom is -0.497 e.